The van der Waals surface area contributed by atoms with Crippen LogP contribution in [0.3, 0.4) is 0 Å². The highest BCUT2D eigenvalue weighted by atomic mass is 35.5. The van der Waals surface area contributed by atoms with Crippen LogP contribution in [0.5, 0.6) is 0 Å². The standard InChI is InChI=1S/C12H6BClF2/c13-8-1-2-11(12(16)5-8)7-3-9(14)6-10(15)4-7/h1-6H. The molecule has 0 aliphatic heterocycles. The molecule has 0 amide bonds. The summed E-state index contributed by atoms with van der Waals surface area (Å²) in [6.45, 7) is 0. The molecule has 0 fully saturated rings. The number of hydrogen-bond acceptors (Lipinski definition) is 0. The van der Waals surface area contributed by atoms with Crippen molar-refractivity contribution in [3.8, 4) is 11.1 Å². The lowest BCUT2D eigenvalue weighted by atomic mass is 9.93. The maximum atomic E-state index is 13.6. The number of benzene rings is 2. The lowest BCUT2D eigenvalue weighted by molar-refractivity contribution is 0.625. The van der Waals surface area contributed by atoms with Gasteiger partial charge in [0, 0.05) is 10.6 Å². The van der Waals surface area contributed by atoms with Crippen molar-refractivity contribution in [3.05, 3.63) is 53.1 Å². The Balaban J connectivity index is 2.58. The Morgan fingerprint density at radius 1 is 1.00 bits per heavy atom. The van der Waals surface area contributed by atoms with Crippen molar-refractivity contribution in [2.45, 2.75) is 0 Å². The highest BCUT2D eigenvalue weighted by Gasteiger charge is 2.07. The van der Waals surface area contributed by atoms with Crippen molar-refractivity contribution in [2.75, 3.05) is 0 Å². The Kier molecular flexibility index (Phi) is 2.97. The molecule has 2 rings (SSSR count). The van der Waals surface area contributed by atoms with E-state index >= 15 is 0 Å². The Morgan fingerprint density at radius 2 is 1.75 bits per heavy atom. The van der Waals surface area contributed by atoms with Gasteiger partial charge in [-0.05, 0) is 29.8 Å². The summed E-state index contributed by atoms with van der Waals surface area (Å²) in [5.41, 5.74) is 0.988. The van der Waals surface area contributed by atoms with Crippen LogP contribution in [0, 0.1) is 11.6 Å². The van der Waals surface area contributed by atoms with Gasteiger partial charge in [-0.1, -0.05) is 29.2 Å². The van der Waals surface area contributed by atoms with Crippen LogP contribution in [0.4, 0.5) is 8.78 Å². The van der Waals surface area contributed by atoms with Crippen LogP contribution in [-0.4, -0.2) is 7.85 Å². The molecule has 16 heavy (non-hydrogen) atoms. The van der Waals surface area contributed by atoms with Gasteiger partial charge in [0.05, 0.1) is 0 Å². The minimum absolute atomic E-state index is 0.228. The number of rotatable bonds is 1. The van der Waals surface area contributed by atoms with E-state index in [9.17, 15) is 8.78 Å². The van der Waals surface area contributed by atoms with Crippen LogP contribution in [0.1, 0.15) is 0 Å². The van der Waals surface area contributed by atoms with Crippen LogP contribution in [-0.2, 0) is 0 Å². The van der Waals surface area contributed by atoms with E-state index in [2.05, 4.69) is 0 Å². The van der Waals surface area contributed by atoms with Crippen LogP contribution in [0.15, 0.2) is 36.4 Å². The predicted molar refractivity (Wildman–Crippen MR) is 62.2 cm³/mol. The third-order valence-electron chi connectivity index (χ3n) is 2.17. The van der Waals surface area contributed by atoms with Gasteiger partial charge in [-0.3, -0.25) is 0 Å². The smallest absolute Gasteiger partial charge is 0.130 e. The third kappa shape index (κ3) is 2.25. The zero-order valence-corrected chi connectivity index (χ0v) is 8.93. The molecule has 78 valence electrons. The predicted octanol–water partition coefficient (Wildman–Crippen LogP) is 3.08. The van der Waals surface area contributed by atoms with Crippen molar-refractivity contribution < 1.29 is 8.78 Å². The second-order valence-electron chi connectivity index (χ2n) is 3.40. The number of hydrogen-bond donors (Lipinski definition) is 0. The zero-order valence-electron chi connectivity index (χ0n) is 8.18. The van der Waals surface area contributed by atoms with Gasteiger partial charge in [0.25, 0.3) is 0 Å². The molecule has 0 bridgehead atoms. The summed E-state index contributed by atoms with van der Waals surface area (Å²) < 4.78 is 26.6. The average Bonchev–Trinajstić information content (AvgIpc) is 2.15. The maximum Gasteiger partial charge on any atom is 0.130 e. The fraction of sp³-hybridized carbons (Fsp3) is 0. The normalized spacial score (nSPS) is 10.4. The first-order valence-electron chi connectivity index (χ1n) is 4.58. The summed E-state index contributed by atoms with van der Waals surface area (Å²) in [6.07, 6.45) is 0. The van der Waals surface area contributed by atoms with Crippen LogP contribution in [0.2, 0.25) is 5.02 Å². The molecule has 2 radical (unpaired) electrons. The number of halogens is 3. The lowest BCUT2D eigenvalue weighted by Gasteiger charge is -2.05. The van der Waals surface area contributed by atoms with Gasteiger partial charge in [-0.2, -0.15) is 0 Å². The molecular weight excluding hydrogens is 228 g/mol. The summed E-state index contributed by atoms with van der Waals surface area (Å²) in [7, 11) is 5.43. The minimum atomic E-state index is -0.501. The third-order valence-corrected chi connectivity index (χ3v) is 2.38. The second kappa shape index (κ2) is 4.26. The van der Waals surface area contributed by atoms with Crippen molar-refractivity contribution in [1.29, 1.82) is 0 Å². The molecule has 0 heterocycles. The minimum Gasteiger partial charge on any atom is -0.207 e. The van der Waals surface area contributed by atoms with E-state index < -0.39 is 11.6 Å². The second-order valence-corrected chi connectivity index (χ2v) is 3.83. The van der Waals surface area contributed by atoms with E-state index in [-0.39, 0.29) is 10.6 Å². The fourth-order valence-corrected chi connectivity index (χ4v) is 1.70. The molecule has 0 saturated carbocycles. The molecule has 0 atom stereocenters. The summed E-state index contributed by atoms with van der Waals surface area (Å²) in [5, 5.41) is 0.228. The molecule has 2 aromatic rings. The fourth-order valence-electron chi connectivity index (χ4n) is 1.47. The molecule has 4 heteroatoms. The Hall–Kier alpha value is -1.35. The first-order chi connectivity index (χ1) is 7.56. The quantitative estimate of drug-likeness (QED) is 0.665. The van der Waals surface area contributed by atoms with E-state index in [4.69, 9.17) is 19.4 Å². The molecule has 0 spiro atoms. The highest BCUT2D eigenvalue weighted by molar-refractivity contribution is 6.32. The van der Waals surface area contributed by atoms with Gasteiger partial charge in [0.15, 0.2) is 0 Å². The molecule has 2 aromatic carbocycles. The molecule has 0 aliphatic rings. The van der Waals surface area contributed by atoms with Gasteiger partial charge in [-0.25, -0.2) is 8.78 Å². The zero-order chi connectivity index (χ0) is 11.7. The highest BCUT2D eigenvalue weighted by Crippen LogP contribution is 2.25. The van der Waals surface area contributed by atoms with Crippen LogP contribution < -0.4 is 5.46 Å². The van der Waals surface area contributed by atoms with Crippen LogP contribution in [0.25, 0.3) is 11.1 Å². The van der Waals surface area contributed by atoms with Crippen molar-refractivity contribution in [1.82, 2.24) is 0 Å². The van der Waals surface area contributed by atoms with Crippen molar-refractivity contribution in [2.24, 2.45) is 0 Å². The largest absolute Gasteiger partial charge is 0.207 e. The molecular formula is C12H6BClF2. The van der Waals surface area contributed by atoms with E-state index in [1.807, 2.05) is 0 Å². The van der Waals surface area contributed by atoms with Crippen molar-refractivity contribution >= 4 is 24.9 Å². The van der Waals surface area contributed by atoms with Gasteiger partial charge >= 0.3 is 0 Å². The summed E-state index contributed by atoms with van der Waals surface area (Å²) in [6, 6.07) is 8.13. The van der Waals surface area contributed by atoms with Gasteiger partial charge in [0.2, 0.25) is 0 Å². The molecule has 0 saturated heterocycles. The van der Waals surface area contributed by atoms with Gasteiger partial charge in [0.1, 0.15) is 19.5 Å². The summed E-state index contributed by atoms with van der Waals surface area (Å²) in [4.78, 5) is 0. The van der Waals surface area contributed by atoms with Gasteiger partial charge in [-0.15, -0.1) is 0 Å². The van der Waals surface area contributed by atoms with Crippen LogP contribution >= 0.6 is 11.6 Å². The average molecular weight is 234 g/mol. The Bertz CT molecular complexity index is 520. The summed E-state index contributed by atoms with van der Waals surface area (Å²) >= 11 is 5.70. The van der Waals surface area contributed by atoms with Gasteiger partial charge < -0.3 is 0 Å². The Labute approximate surface area is 98.3 Å². The molecule has 0 unspecified atom stereocenters. The van der Waals surface area contributed by atoms with E-state index in [0.717, 1.165) is 0 Å². The molecule has 0 aromatic heterocycles. The van der Waals surface area contributed by atoms with E-state index in [1.54, 1.807) is 6.07 Å². The molecule has 0 aliphatic carbocycles. The Morgan fingerprint density at radius 3 is 2.38 bits per heavy atom. The maximum absolute atomic E-state index is 13.6. The van der Waals surface area contributed by atoms with Crippen molar-refractivity contribution in [3.63, 3.8) is 0 Å². The lowest BCUT2D eigenvalue weighted by Crippen LogP contribution is -2.02. The van der Waals surface area contributed by atoms with E-state index in [0.29, 0.717) is 11.0 Å². The SMILES string of the molecule is [B]c1ccc(-c2cc(F)cc(Cl)c2)c(F)c1. The first-order valence-corrected chi connectivity index (χ1v) is 4.95. The molecule has 0 N–H and O–H groups in total. The van der Waals surface area contributed by atoms with E-state index in [1.165, 1.54) is 30.3 Å². The topological polar surface area (TPSA) is 0 Å². The first kappa shape index (κ1) is 11.1. The molecule has 0 nitrogen and oxygen atoms in total. The summed E-state index contributed by atoms with van der Waals surface area (Å²) in [5.74, 6) is -1.000. The monoisotopic (exact) mass is 234 g/mol.